The van der Waals surface area contributed by atoms with Gasteiger partial charge in [-0.1, -0.05) is 96.9 Å². The van der Waals surface area contributed by atoms with Gasteiger partial charge in [0.2, 0.25) is 0 Å². The third-order valence-corrected chi connectivity index (χ3v) is 10.5. The molecule has 0 aromatic carbocycles. The quantitative estimate of drug-likeness (QED) is 0.147. The fourth-order valence-electron chi connectivity index (χ4n) is 6.17. The van der Waals surface area contributed by atoms with Crippen molar-refractivity contribution in [2.24, 2.45) is 0 Å². The molecule has 14 nitrogen and oxygen atoms in total. The highest BCUT2D eigenvalue weighted by molar-refractivity contribution is 5.17. The number of hydrogen-bond donors (Lipinski definition) is 0. The largest absolute Gasteiger partial charge is 0.261 e. The van der Waals surface area contributed by atoms with Crippen LogP contribution < -0.4 is 0 Å². The smallest absolute Gasteiger partial charge is 0.0644 e. The van der Waals surface area contributed by atoms with E-state index in [0.29, 0.717) is 41.4 Å². The third kappa shape index (κ3) is 25.1. The normalized spacial score (nSPS) is 10.5. The Bertz CT molecular complexity index is 2570. The van der Waals surface area contributed by atoms with Gasteiger partial charge in [-0.3, -0.25) is 69.8 Å². The number of aromatic nitrogens is 14. The Morgan fingerprint density at radius 1 is 0.236 bits per heavy atom. The molecule has 0 bridgehead atoms. The van der Waals surface area contributed by atoms with Gasteiger partial charge in [0.05, 0.1) is 91.1 Å². The van der Waals surface area contributed by atoms with Crippen molar-refractivity contribution in [3.8, 4) is 0 Å². The second-order valence-electron chi connectivity index (χ2n) is 19.8. The van der Waals surface area contributed by atoms with E-state index in [1.54, 1.807) is 49.6 Å². The number of aryl methyl sites for hydroxylation is 9. The Balaban J connectivity index is 0.000000420. The molecule has 7 rings (SSSR count). The minimum atomic E-state index is 0.474. The predicted molar refractivity (Wildman–Crippen MR) is 295 cm³/mol. The van der Waals surface area contributed by atoms with Crippen molar-refractivity contribution in [1.29, 1.82) is 0 Å². The average Bonchev–Trinajstić information content (AvgIpc) is 3.32. The van der Waals surface area contributed by atoms with E-state index < -0.39 is 0 Å². The molecule has 0 aliphatic rings. The lowest BCUT2D eigenvalue weighted by atomic mass is 10.1. The molecule has 0 spiro atoms. The van der Waals surface area contributed by atoms with E-state index in [0.717, 1.165) is 91.1 Å². The number of hydrogen-bond acceptors (Lipinski definition) is 14. The van der Waals surface area contributed by atoms with Crippen LogP contribution in [0.25, 0.3) is 0 Å². The highest BCUT2D eigenvalue weighted by Gasteiger charge is 2.07. The zero-order valence-electron chi connectivity index (χ0n) is 48.2. The molecule has 0 fully saturated rings. The van der Waals surface area contributed by atoms with Crippen LogP contribution >= 0.6 is 0 Å². The van der Waals surface area contributed by atoms with Crippen LogP contribution in [-0.4, -0.2) is 69.8 Å². The molecule has 0 amide bonds. The van der Waals surface area contributed by atoms with Gasteiger partial charge < -0.3 is 0 Å². The van der Waals surface area contributed by atoms with Crippen molar-refractivity contribution in [2.45, 2.75) is 201 Å². The Hall–Kier alpha value is -6.44. The van der Waals surface area contributed by atoms with Gasteiger partial charge in [0.25, 0.3) is 0 Å². The SMILES string of the molecule is CC(C)c1cnccn1.Cc1cnc(C(C)C)c(C)n1.Cc1cnc(C(C)C)cn1.Cc1cnc(C)c(C(C)C)n1.Cc1cncc(C(C)C)n1.Cc1ncc(C(C)C)nc1C.Cc1nccnc1C(C)C. The predicted octanol–water partition coefficient (Wildman–Crippen LogP) is 14.0. The Kier molecular flexibility index (Phi) is 29.4. The molecule has 0 aliphatic heterocycles. The van der Waals surface area contributed by atoms with Gasteiger partial charge in [0, 0.05) is 74.4 Å². The van der Waals surface area contributed by atoms with E-state index in [2.05, 4.69) is 167 Å². The molecular formula is C58H88N14. The standard InChI is InChI=1S/3C9H14N2.3C8H12N2.C7H10N2/c1-6(2)9-5-10-7(3)8(4)11-9;1-6(2)9-8(4)11-7(3)5-10-9;1-6(2)9-8(4)10-5-7(3)11-9;1-6(2)8-5-9-7(3)4-10-8;1-6(2)8-5-9-4-7(3)10-8;1-6(2)8-7(3)9-4-5-10-8;1-6(2)7-5-8-3-4-9-7/h3*5-6H,1-4H3;3*4-6H,1-3H3;3-6H,1-2H3. The number of rotatable bonds is 7. The summed E-state index contributed by atoms with van der Waals surface area (Å²) in [5.74, 6) is 3.35. The maximum Gasteiger partial charge on any atom is 0.0644 e. The highest BCUT2D eigenvalue weighted by Crippen LogP contribution is 2.16. The molecule has 0 N–H and O–H groups in total. The lowest BCUT2D eigenvalue weighted by Crippen LogP contribution is -2.00. The van der Waals surface area contributed by atoms with Crippen molar-refractivity contribution in [3.05, 3.63) is 165 Å². The molecule has 0 atom stereocenters. The van der Waals surface area contributed by atoms with Gasteiger partial charge in [-0.25, -0.2) is 0 Å². The van der Waals surface area contributed by atoms with E-state index in [-0.39, 0.29) is 0 Å². The Labute approximate surface area is 434 Å². The average molecular weight is 981 g/mol. The summed E-state index contributed by atoms with van der Waals surface area (Å²) in [5, 5.41) is 0. The first-order valence-electron chi connectivity index (χ1n) is 25.3. The van der Waals surface area contributed by atoms with E-state index in [4.69, 9.17) is 0 Å². The van der Waals surface area contributed by atoms with Crippen molar-refractivity contribution < 1.29 is 0 Å². The third-order valence-electron chi connectivity index (χ3n) is 10.5. The van der Waals surface area contributed by atoms with Gasteiger partial charge in [-0.15, -0.1) is 0 Å². The van der Waals surface area contributed by atoms with E-state index in [9.17, 15) is 0 Å². The van der Waals surface area contributed by atoms with Gasteiger partial charge in [-0.05, 0) is 104 Å². The molecule has 7 heterocycles. The maximum atomic E-state index is 4.41. The minimum Gasteiger partial charge on any atom is -0.261 e. The topological polar surface area (TPSA) is 180 Å². The lowest BCUT2D eigenvalue weighted by Gasteiger charge is -2.07. The molecule has 0 aliphatic carbocycles. The fourth-order valence-corrected chi connectivity index (χ4v) is 6.17. The zero-order valence-corrected chi connectivity index (χ0v) is 48.2. The molecule has 7 aromatic rings. The molecule has 390 valence electrons. The minimum absolute atomic E-state index is 0.474. The van der Waals surface area contributed by atoms with Crippen LogP contribution in [0.5, 0.6) is 0 Å². The molecule has 72 heavy (non-hydrogen) atoms. The van der Waals surface area contributed by atoms with Crippen LogP contribution in [0.1, 0.15) is 229 Å². The van der Waals surface area contributed by atoms with Gasteiger partial charge in [0.15, 0.2) is 0 Å². The van der Waals surface area contributed by atoms with Gasteiger partial charge >= 0.3 is 0 Å². The molecule has 0 saturated heterocycles. The fraction of sp³-hybridized carbons (Fsp3) is 0.517. The molecule has 7 aromatic heterocycles. The summed E-state index contributed by atoms with van der Waals surface area (Å²) in [5.41, 5.74) is 16.7. The molecule has 0 radical (unpaired) electrons. The van der Waals surface area contributed by atoms with Crippen molar-refractivity contribution in [3.63, 3.8) is 0 Å². The van der Waals surface area contributed by atoms with Crippen molar-refractivity contribution >= 4 is 0 Å². The Morgan fingerprint density at radius 2 is 0.667 bits per heavy atom. The van der Waals surface area contributed by atoms with Crippen LogP contribution in [0, 0.1) is 62.3 Å². The van der Waals surface area contributed by atoms with Crippen molar-refractivity contribution in [1.82, 2.24) is 69.8 Å². The first kappa shape index (κ1) is 63.6. The summed E-state index contributed by atoms with van der Waals surface area (Å²) in [7, 11) is 0. The summed E-state index contributed by atoms with van der Waals surface area (Å²) < 4.78 is 0. The number of nitrogens with zero attached hydrogens (tertiary/aromatic N) is 14. The van der Waals surface area contributed by atoms with E-state index >= 15 is 0 Å². The molecule has 0 unspecified atom stereocenters. The summed E-state index contributed by atoms with van der Waals surface area (Å²) in [6.45, 7) is 47.5. The van der Waals surface area contributed by atoms with Crippen LogP contribution in [0.15, 0.2) is 74.4 Å². The molecular weight excluding hydrogens is 893 g/mol. The van der Waals surface area contributed by atoms with Crippen LogP contribution in [0.3, 0.4) is 0 Å². The van der Waals surface area contributed by atoms with E-state index in [1.165, 1.54) is 0 Å². The Morgan fingerprint density at radius 3 is 1.08 bits per heavy atom. The maximum absolute atomic E-state index is 4.41. The van der Waals surface area contributed by atoms with Gasteiger partial charge in [-0.2, -0.15) is 0 Å². The van der Waals surface area contributed by atoms with Crippen LogP contribution in [0.2, 0.25) is 0 Å². The first-order chi connectivity index (χ1) is 33.7. The van der Waals surface area contributed by atoms with Crippen LogP contribution in [0.4, 0.5) is 0 Å². The highest BCUT2D eigenvalue weighted by atomic mass is 14.8. The summed E-state index contributed by atoms with van der Waals surface area (Å²) in [4.78, 5) is 59.1. The second kappa shape index (κ2) is 33.3. The second-order valence-corrected chi connectivity index (χ2v) is 19.8. The summed E-state index contributed by atoms with van der Waals surface area (Å²) in [6, 6.07) is 0. The first-order valence-corrected chi connectivity index (χ1v) is 25.3. The lowest BCUT2D eigenvalue weighted by molar-refractivity contribution is 0.786. The van der Waals surface area contributed by atoms with E-state index in [1.807, 2.05) is 87.1 Å². The molecule has 0 saturated carbocycles. The van der Waals surface area contributed by atoms with Crippen LogP contribution in [-0.2, 0) is 0 Å². The van der Waals surface area contributed by atoms with Crippen molar-refractivity contribution in [2.75, 3.05) is 0 Å². The monoisotopic (exact) mass is 981 g/mol. The van der Waals surface area contributed by atoms with Gasteiger partial charge in [0.1, 0.15) is 0 Å². The molecule has 14 heteroatoms. The zero-order chi connectivity index (χ0) is 54.7. The summed E-state index contributed by atoms with van der Waals surface area (Å²) >= 11 is 0. The summed E-state index contributed by atoms with van der Waals surface area (Å²) in [6.07, 6.45) is 21.4.